The smallest absolute Gasteiger partial charge is 0.306 e. The van der Waals surface area contributed by atoms with Crippen LogP contribution in [0.4, 0.5) is 0 Å². The number of Topliss-reactive ketones (excluding diaryl/α,β-unsaturated/α-hetero) is 5. The zero-order valence-electron chi connectivity index (χ0n) is 39.1. The molecule has 2 saturated heterocycles. The highest BCUT2D eigenvalue weighted by Gasteiger charge is 2.37. The van der Waals surface area contributed by atoms with E-state index in [4.69, 9.17) is 5.73 Å². The third kappa shape index (κ3) is 20.7. The number of aliphatic carboxylic acids is 1. The molecule has 2 fully saturated rings. The molecule has 2 aliphatic heterocycles. The Balaban J connectivity index is 1.95. The summed E-state index contributed by atoms with van der Waals surface area (Å²) in [6.45, 7) is 6.68. The summed E-state index contributed by atoms with van der Waals surface area (Å²) in [4.78, 5) is 143. The van der Waals surface area contributed by atoms with E-state index in [0.717, 1.165) is 12.8 Å². The first-order valence-electron chi connectivity index (χ1n) is 23.5. The van der Waals surface area contributed by atoms with E-state index in [-0.39, 0.29) is 94.7 Å². The molecule has 2 aliphatic rings. The van der Waals surface area contributed by atoms with Crippen molar-refractivity contribution < 1.29 is 68.1 Å². The van der Waals surface area contributed by atoms with E-state index >= 15 is 0 Å². The van der Waals surface area contributed by atoms with Crippen LogP contribution >= 0.6 is 0 Å². The molecule has 0 unspecified atom stereocenters. The molecule has 2 heterocycles. The summed E-state index contributed by atoms with van der Waals surface area (Å²) in [5.74, 6) is -9.32. The maximum atomic E-state index is 13.4. The fourth-order valence-corrected chi connectivity index (χ4v) is 8.37. The summed E-state index contributed by atoms with van der Waals surface area (Å²) in [5, 5.41) is 39.5. The number of amides is 5. The van der Waals surface area contributed by atoms with Crippen LogP contribution in [0.2, 0.25) is 0 Å². The van der Waals surface area contributed by atoms with Crippen LogP contribution in [0, 0.1) is 23.7 Å². The van der Waals surface area contributed by atoms with Crippen molar-refractivity contribution in [2.24, 2.45) is 29.4 Å². The van der Waals surface area contributed by atoms with Gasteiger partial charge < -0.3 is 47.2 Å². The zero-order chi connectivity index (χ0) is 49.5. The maximum Gasteiger partial charge on any atom is 0.306 e. The van der Waals surface area contributed by atoms with Gasteiger partial charge in [0.05, 0.1) is 42.7 Å². The van der Waals surface area contributed by atoms with Gasteiger partial charge in [-0.05, 0) is 57.8 Å². The van der Waals surface area contributed by atoms with Crippen molar-refractivity contribution in [2.45, 2.75) is 174 Å². The number of nitrogens with one attached hydrogen (secondary N) is 4. The van der Waals surface area contributed by atoms with Crippen molar-refractivity contribution >= 4 is 64.4 Å². The van der Waals surface area contributed by atoms with Gasteiger partial charge in [0.1, 0.15) is 5.78 Å². The van der Waals surface area contributed by atoms with Crippen LogP contribution in [0.25, 0.3) is 0 Å². The van der Waals surface area contributed by atoms with Crippen LogP contribution in [-0.4, -0.2) is 141 Å². The molecule has 2 rings (SSSR count). The molecule has 8 atom stereocenters. The molecule has 66 heavy (non-hydrogen) atoms. The average molecular weight is 935 g/mol. The highest BCUT2D eigenvalue weighted by molar-refractivity contribution is 5.97. The monoisotopic (exact) mass is 935 g/mol. The molecule has 0 aromatic rings. The number of hydrogen-bond donors (Lipinski definition) is 8. The number of aliphatic hydroxyl groups excluding tert-OH is 2. The van der Waals surface area contributed by atoms with E-state index < -0.39 is 120 Å². The SMILES string of the molecule is CCCCC[C@H](CC(=O)[C@@H]1CCCN1C(=O)CCC(=O)[C@H](C)NC(=O)[C@@H](CC(=O)CNC(=O)[C@H](CCO)CC(=O)[C@H](CCC(N)=O)NC(=O)CCC(=O)[C@@H]1C[C@@H](O)CN1)CC(C)C)C(=O)O. The van der Waals surface area contributed by atoms with E-state index in [2.05, 4.69) is 21.3 Å². The van der Waals surface area contributed by atoms with Crippen molar-refractivity contribution in [1.29, 1.82) is 0 Å². The molecule has 5 amide bonds. The Kier molecular flexibility index (Phi) is 25.7. The van der Waals surface area contributed by atoms with Crippen molar-refractivity contribution in [3.63, 3.8) is 0 Å². The fraction of sp³-hybridized carbons (Fsp3) is 0.761. The highest BCUT2D eigenvalue weighted by Crippen LogP contribution is 2.25. The molecule has 0 bridgehead atoms. The molecular weight excluding hydrogens is 861 g/mol. The summed E-state index contributed by atoms with van der Waals surface area (Å²) in [6.07, 6.45) is 1.12. The first kappa shape index (κ1) is 57.2. The number of unbranched alkanes of at least 4 members (excludes halogenated alkanes) is 2. The minimum absolute atomic E-state index is 0.0493. The number of aliphatic hydroxyl groups is 2. The summed E-state index contributed by atoms with van der Waals surface area (Å²) in [7, 11) is 0. The van der Waals surface area contributed by atoms with E-state index in [1.165, 1.54) is 11.8 Å². The average Bonchev–Trinajstić information content (AvgIpc) is 3.94. The first-order chi connectivity index (χ1) is 31.2. The number of likely N-dealkylation sites (tertiary alicyclic amines) is 1. The van der Waals surface area contributed by atoms with Gasteiger partial charge in [-0.3, -0.25) is 52.7 Å². The van der Waals surface area contributed by atoms with Crippen molar-refractivity contribution in [1.82, 2.24) is 26.2 Å². The normalized spacial score (nSPS) is 19.3. The third-order valence-corrected chi connectivity index (χ3v) is 12.2. The van der Waals surface area contributed by atoms with Crippen molar-refractivity contribution in [3.05, 3.63) is 0 Å². The van der Waals surface area contributed by atoms with Gasteiger partial charge in [-0.2, -0.15) is 0 Å². The Hall–Kier alpha value is -4.95. The molecule has 0 aromatic carbocycles. The topological polar surface area (TPSA) is 326 Å². The highest BCUT2D eigenvalue weighted by atomic mass is 16.4. The van der Waals surface area contributed by atoms with Crippen LogP contribution in [0.15, 0.2) is 0 Å². The van der Waals surface area contributed by atoms with Gasteiger partial charge in [0.15, 0.2) is 23.1 Å². The summed E-state index contributed by atoms with van der Waals surface area (Å²) < 4.78 is 0. The number of nitrogens with two attached hydrogens (primary N) is 1. The molecule has 372 valence electrons. The predicted molar refractivity (Wildman–Crippen MR) is 239 cm³/mol. The van der Waals surface area contributed by atoms with Gasteiger partial charge in [0.2, 0.25) is 29.5 Å². The lowest BCUT2D eigenvalue weighted by Gasteiger charge is -2.25. The Morgan fingerprint density at radius 2 is 1.48 bits per heavy atom. The van der Waals surface area contributed by atoms with Gasteiger partial charge in [-0.15, -0.1) is 0 Å². The number of hydrogen-bond acceptors (Lipinski definition) is 14. The lowest BCUT2D eigenvalue weighted by atomic mass is 9.90. The molecule has 0 radical (unpaired) electrons. The second-order valence-electron chi connectivity index (χ2n) is 18.3. The fourth-order valence-electron chi connectivity index (χ4n) is 8.37. The summed E-state index contributed by atoms with van der Waals surface area (Å²) in [5.41, 5.74) is 5.28. The summed E-state index contributed by atoms with van der Waals surface area (Å²) in [6, 6.07) is -3.61. The Bertz CT molecular complexity index is 1720. The number of ketones is 5. The lowest BCUT2D eigenvalue weighted by Crippen LogP contribution is -2.45. The molecule has 9 N–H and O–H groups in total. The van der Waals surface area contributed by atoms with Gasteiger partial charge >= 0.3 is 5.97 Å². The van der Waals surface area contributed by atoms with Gasteiger partial charge in [-0.1, -0.05) is 40.0 Å². The number of carbonyl (C=O) groups excluding carboxylic acids is 10. The minimum Gasteiger partial charge on any atom is -0.481 e. The molecule has 0 aromatic heterocycles. The van der Waals surface area contributed by atoms with Crippen LogP contribution in [0.1, 0.15) is 143 Å². The summed E-state index contributed by atoms with van der Waals surface area (Å²) >= 11 is 0. The number of carboxylic acid groups (broad SMARTS) is 1. The van der Waals surface area contributed by atoms with Crippen LogP contribution < -0.4 is 27.0 Å². The third-order valence-electron chi connectivity index (χ3n) is 12.2. The molecule has 20 nitrogen and oxygen atoms in total. The Morgan fingerprint density at radius 3 is 2.09 bits per heavy atom. The van der Waals surface area contributed by atoms with Gasteiger partial charge in [-0.25, -0.2) is 0 Å². The number of carbonyl (C=O) groups is 11. The minimum atomic E-state index is -1.25. The molecule has 0 aliphatic carbocycles. The van der Waals surface area contributed by atoms with E-state index in [1.54, 1.807) is 0 Å². The second kappa shape index (κ2) is 29.6. The second-order valence-corrected chi connectivity index (χ2v) is 18.3. The van der Waals surface area contributed by atoms with Crippen LogP contribution in [0.3, 0.4) is 0 Å². The van der Waals surface area contributed by atoms with E-state index in [0.29, 0.717) is 32.2 Å². The van der Waals surface area contributed by atoms with Crippen molar-refractivity contribution in [3.8, 4) is 0 Å². The first-order valence-corrected chi connectivity index (χ1v) is 23.5. The maximum absolute atomic E-state index is 13.4. The van der Waals surface area contributed by atoms with Crippen molar-refractivity contribution in [2.75, 3.05) is 26.2 Å². The molecule has 0 saturated carbocycles. The lowest BCUT2D eigenvalue weighted by molar-refractivity contribution is -0.145. The number of primary amides is 1. The van der Waals surface area contributed by atoms with Crippen LogP contribution in [-0.2, 0) is 52.7 Å². The van der Waals surface area contributed by atoms with E-state index in [1.807, 2.05) is 20.8 Å². The van der Waals surface area contributed by atoms with Gasteiger partial charge in [0.25, 0.3) is 0 Å². The predicted octanol–water partition coefficient (Wildman–Crippen LogP) is 0.590. The molecular formula is C46H74N6O14. The number of carboxylic acids is 1. The Morgan fingerprint density at radius 1 is 0.773 bits per heavy atom. The number of nitrogens with zero attached hydrogens (tertiary/aromatic N) is 1. The molecule has 20 heteroatoms. The largest absolute Gasteiger partial charge is 0.481 e. The number of rotatable bonds is 34. The standard InChI is InChI=1S/C46H74N6O14/c1-5-6-7-9-30(46(65)66)23-40(59)36-10-8-18-52(36)43(62)16-13-37(56)28(4)50-45(64)31(20-27(2)3)21-32(54)26-49-44(63)29(17-19-53)22-39(58)34(11-14-41(47)60)51-42(61)15-12-38(57)35-24-33(55)25-48-35/h27-31,33-36,48,53,55H,5-26H2,1-4H3,(H2,47,60)(H,49,63)(H,50,64)(H,51,61)(H,65,66)/t28-,29+,30+,31+,33+,34-,35-,36-/m0/s1. The Labute approximate surface area is 387 Å². The molecule has 0 spiro atoms. The van der Waals surface area contributed by atoms with Crippen LogP contribution in [0.5, 0.6) is 0 Å². The van der Waals surface area contributed by atoms with E-state index in [9.17, 15) is 68.1 Å². The quantitative estimate of drug-likeness (QED) is 0.0410. The number of β-amino-alcohol motifs (C(OH)–C–C–N with tert-alkyl or cyclic N) is 1. The zero-order valence-corrected chi connectivity index (χ0v) is 39.1. The van der Waals surface area contributed by atoms with Gasteiger partial charge in [0, 0.05) is 82.9 Å².